The van der Waals surface area contributed by atoms with E-state index in [0.29, 0.717) is 18.4 Å². The summed E-state index contributed by atoms with van der Waals surface area (Å²) in [6, 6.07) is 2.22. The molecule has 0 atom stereocenters. The molecule has 0 aliphatic carbocycles. The van der Waals surface area contributed by atoms with Crippen LogP contribution in [0.15, 0.2) is 30.7 Å². The van der Waals surface area contributed by atoms with Crippen molar-refractivity contribution in [1.82, 2.24) is 14.9 Å². The van der Waals surface area contributed by atoms with Gasteiger partial charge < -0.3 is 10.0 Å². The van der Waals surface area contributed by atoms with Crippen molar-refractivity contribution in [3.8, 4) is 11.4 Å². The van der Waals surface area contributed by atoms with Crippen molar-refractivity contribution in [2.75, 3.05) is 13.6 Å². The van der Waals surface area contributed by atoms with Crippen LogP contribution in [0.5, 0.6) is 0 Å². The third kappa shape index (κ3) is 5.90. The summed E-state index contributed by atoms with van der Waals surface area (Å²) in [5.74, 6) is -1.32. The van der Waals surface area contributed by atoms with Gasteiger partial charge in [0.25, 0.3) is 0 Å². The predicted octanol–water partition coefficient (Wildman–Crippen LogP) is 4.71. The Hall–Kier alpha value is -2.67. The van der Waals surface area contributed by atoms with Crippen molar-refractivity contribution in [1.29, 1.82) is 0 Å². The number of hydrogen-bond acceptors (Lipinski definition) is 5. The van der Waals surface area contributed by atoms with E-state index >= 15 is 0 Å². The van der Waals surface area contributed by atoms with Crippen LogP contribution in [0.2, 0.25) is 0 Å². The number of aliphatic hydroxyl groups is 1. The van der Waals surface area contributed by atoms with Crippen LogP contribution in [0.25, 0.3) is 17.2 Å². The molecule has 0 saturated heterocycles. The minimum Gasteiger partial charge on any atom is -0.386 e. The fourth-order valence-electron chi connectivity index (χ4n) is 2.79. The minimum atomic E-state index is -1.14. The molecule has 2 rings (SSSR count). The van der Waals surface area contributed by atoms with Gasteiger partial charge in [-0.1, -0.05) is 19.8 Å². The van der Waals surface area contributed by atoms with E-state index in [0.717, 1.165) is 25.3 Å². The van der Waals surface area contributed by atoms with Crippen LogP contribution >= 0.6 is 0 Å². The molecular weight excluding hydrogens is 376 g/mol. The fourth-order valence-corrected chi connectivity index (χ4v) is 2.79. The Bertz CT molecular complexity index is 875. The van der Waals surface area contributed by atoms with Crippen molar-refractivity contribution in [2.24, 2.45) is 0 Å². The van der Waals surface area contributed by atoms with Gasteiger partial charge in [-0.3, -0.25) is 4.79 Å². The van der Waals surface area contributed by atoms with Gasteiger partial charge in [0.1, 0.15) is 11.6 Å². The van der Waals surface area contributed by atoms with E-state index in [1.165, 1.54) is 24.7 Å². The van der Waals surface area contributed by atoms with Crippen LogP contribution in [0, 0.1) is 5.82 Å². The number of aldehydes is 1. The first-order valence-electron chi connectivity index (χ1n) is 9.59. The molecule has 0 amide bonds. The second kappa shape index (κ2) is 9.69. The van der Waals surface area contributed by atoms with Crippen LogP contribution in [0.4, 0.5) is 8.78 Å². The van der Waals surface area contributed by atoms with Gasteiger partial charge in [0.15, 0.2) is 12.1 Å². The minimum absolute atomic E-state index is 0.0195. The third-order valence-electron chi connectivity index (χ3n) is 4.57. The SMILES string of the molecule is CCCCCN(C)/C=C(/F)c1cc(-c2ncc(C(C)(C)O)cn2)c(F)cc1C=O. The zero-order valence-corrected chi connectivity index (χ0v) is 17.2. The summed E-state index contributed by atoms with van der Waals surface area (Å²) in [5, 5.41) is 10.00. The maximum Gasteiger partial charge on any atom is 0.162 e. The molecule has 5 nitrogen and oxygen atoms in total. The number of hydrogen-bond donors (Lipinski definition) is 1. The van der Waals surface area contributed by atoms with Crippen molar-refractivity contribution in [3.05, 3.63) is 53.2 Å². The second-order valence-corrected chi connectivity index (χ2v) is 7.56. The summed E-state index contributed by atoms with van der Waals surface area (Å²) < 4.78 is 29.4. The topological polar surface area (TPSA) is 66.3 Å². The number of unbranched alkanes of at least 4 members (excludes halogenated alkanes) is 2. The summed E-state index contributed by atoms with van der Waals surface area (Å²) in [5.41, 5.74) is -0.805. The number of nitrogens with zero attached hydrogens (tertiary/aromatic N) is 3. The summed E-state index contributed by atoms with van der Waals surface area (Å²) in [4.78, 5) is 21.2. The van der Waals surface area contributed by atoms with E-state index in [9.17, 15) is 18.7 Å². The average Bonchev–Trinajstić information content (AvgIpc) is 2.67. The molecule has 0 radical (unpaired) electrons. The van der Waals surface area contributed by atoms with Crippen molar-refractivity contribution >= 4 is 12.1 Å². The Labute approximate surface area is 170 Å². The molecule has 29 heavy (non-hydrogen) atoms. The van der Waals surface area contributed by atoms with Gasteiger partial charge in [-0.2, -0.15) is 0 Å². The molecule has 0 unspecified atom stereocenters. The third-order valence-corrected chi connectivity index (χ3v) is 4.57. The molecule has 2 aromatic rings. The molecule has 0 fully saturated rings. The fraction of sp³-hybridized carbons (Fsp3) is 0.409. The Morgan fingerprint density at radius 3 is 2.45 bits per heavy atom. The van der Waals surface area contributed by atoms with E-state index in [1.807, 2.05) is 0 Å². The summed E-state index contributed by atoms with van der Waals surface area (Å²) in [6.45, 7) is 5.93. The van der Waals surface area contributed by atoms with Crippen LogP contribution in [0.3, 0.4) is 0 Å². The molecule has 1 N–H and O–H groups in total. The van der Waals surface area contributed by atoms with Crippen molar-refractivity contribution < 1.29 is 18.7 Å². The highest BCUT2D eigenvalue weighted by atomic mass is 19.1. The molecule has 0 aliphatic heterocycles. The average molecular weight is 403 g/mol. The van der Waals surface area contributed by atoms with Crippen LogP contribution in [-0.4, -0.2) is 39.9 Å². The summed E-state index contributed by atoms with van der Waals surface area (Å²) >= 11 is 0. The molecule has 1 heterocycles. The quantitative estimate of drug-likeness (QED) is 0.485. The molecule has 0 aliphatic rings. The summed E-state index contributed by atoms with van der Waals surface area (Å²) in [7, 11) is 1.75. The summed E-state index contributed by atoms with van der Waals surface area (Å²) in [6.07, 6.45) is 7.53. The lowest BCUT2D eigenvalue weighted by atomic mass is 10.0. The number of rotatable bonds is 9. The predicted molar refractivity (Wildman–Crippen MR) is 109 cm³/mol. The molecular formula is C22H27F2N3O2. The van der Waals surface area contributed by atoms with Gasteiger partial charge in [-0.15, -0.1) is 0 Å². The lowest BCUT2D eigenvalue weighted by Crippen LogP contribution is -2.16. The van der Waals surface area contributed by atoms with Gasteiger partial charge >= 0.3 is 0 Å². The number of carbonyl (C=O) groups is 1. The number of carbonyl (C=O) groups excluding carboxylic acids is 1. The normalized spacial score (nSPS) is 12.2. The van der Waals surface area contributed by atoms with Crippen LogP contribution in [-0.2, 0) is 5.60 Å². The van der Waals surface area contributed by atoms with Gasteiger partial charge in [-0.05, 0) is 32.4 Å². The smallest absolute Gasteiger partial charge is 0.162 e. The molecule has 156 valence electrons. The van der Waals surface area contributed by atoms with Crippen molar-refractivity contribution in [2.45, 2.75) is 45.6 Å². The lowest BCUT2D eigenvalue weighted by Gasteiger charge is -2.17. The number of halogens is 2. The largest absolute Gasteiger partial charge is 0.386 e. The maximum atomic E-state index is 14.9. The standard InChI is InChI=1S/C22H27F2N3O2/c1-5-6-7-8-27(4)13-20(24)17-10-18(19(23)9-15(17)14-28)21-25-11-16(12-26-21)22(2,3)29/h9-14,29H,5-8H2,1-4H3/b20-13+. The van der Waals surface area contributed by atoms with Crippen LogP contribution < -0.4 is 0 Å². The van der Waals surface area contributed by atoms with E-state index in [2.05, 4.69) is 16.9 Å². The van der Waals surface area contributed by atoms with Crippen LogP contribution in [0.1, 0.15) is 61.5 Å². The Morgan fingerprint density at radius 1 is 1.24 bits per heavy atom. The first kappa shape index (κ1) is 22.6. The highest BCUT2D eigenvalue weighted by Crippen LogP contribution is 2.29. The highest BCUT2D eigenvalue weighted by molar-refractivity contribution is 5.86. The number of aromatic nitrogens is 2. The zero-order valence-electron chi connectivity index (χ0n) is 17.2. The Balaban J connectivity index is 2.40. The molecule has 7 heteroatoms. The Morgan fingerprint density at radius 2 is 1.90 bits per heavy atom. The molecule has 0 spiro atoms. The van der Waals surface area contributed by atoms with E-state index in [4.69, 9.17) is 0 Å². The Kier molecular flexibility index (Phi) is 7.56. The van der Waals surface area contributed by atoms with Gasteiger partial charge in [0.2, 0.25) is 0 Å². The van der Waals surface area contributed by atoms with E-state index < -0.39 is 17.2 Å². The first-order chi connectivity index (χ1) is 13.7. The lowest BCUT2D eigenvalue weighted by molar-refractivity contribution is 0.0778. The van der Waals surface area contributed by atoms with E-state index in [-0.39, 0.29) is 22.5 Å². The highest BCUT2D eigenvalue weighted by Gasteiger charge is 2.19. The first-order valence-corrected chi connectivity index (χ1v) is 9.59. The monoisotopic (exact) mass is 403 g/mol. The maximum absolute atomic E-state index is 14.9. The van der Waals surface area contributed by atoms with Crippen molar-refractivity contribution in [3.63, 3.8) is 0 Å². The molecule has 0 saturated carbocycles. The van der Waals surface area contributed by atoms with E-state index in [1.54, 1.807) is 25.8 Å². The zero-order chi connectivity index (χ0) is 21.6. The molecule has 1 aromatic heterocycles. The van der Waals surface area contributed by atoms with Gasteiger partial charge in [0.05, 0.1) is 11.2 Å². The second-order valence-electron chi connectivity index (χ2n) is 7.56. The van der Waals surface area contributed by atoms with Gasteiger partial charge in [-0.25, -0.2) is 18.7 Å². The molecule has 1 aromatic carbocycles. The molecule has 0 bridgehead atoms. The van der Waals surface area contributed by atoms with Gasteiger partial charge in [0, 0.05) is 48.9 Å². The number of benzene rings is 1.